The van der Waals surface area contributed by atoms with Crippen LogP contribution in [-0.2, 0) is 6.18 Å². The second kappa shape index (κ2) is 5.39. The van der Waals surface area contributed by atoms with Crippen molar-refractivity contribution in [3.63, 3.8) is 0 Å². The van der Waals surface area contributed by atoms with Crippen molar-refractivity contribution >= 4 is 34.8 Å². The minimum Gasteiger partial charge on any atom is -0.243 e. The molecule has 1 aromatic heterocycles. The van der Waals surface area contributed by atoms with Gasteiger partial charge in [0.2, 0.25) is 0 Å². The van der Waals surface area contributed by atoms with E-state index in [4.69, 9.17) is 34.8 Å². The molecule has 0 atom stereocenters. The molecule has 0 spiro atoms. The summed E-state index contributed by atoms with van der Waals surface area (Å²) >= 11 is 17.4. The fraction of sp³-hybridized carbons (Fsp3) is 0.0833. The molecule has 1 nitrogen and oxygen atoms in total. The molecule has 2 aromatic rings. The number of rotatable bonds is 1. The lowest BCUT2D eigenvalue weighted by atomic mass is 10.1. The number of hydrogen-bond acceptors (Lipinski definition) is 1. The summed E-state index contributed by atoms with van der Waals surface area (Å²) in [6.07, 6.45) is -4.77. The molecule has 1 heterocycles. The first kappa shape index (κ1) is 15.4. The van der Waals surface area contributed by atoms with E-state index in [-0.39, 0.29) is 26.3 Å². The van der Waals surface area contributed by atoms with E-state index in [1.165, 1.54) is 12.1 Å². The molecule has 0 bridgehead atoms. The van der Waals surface area contributed by atoms with Gasteiger partial charge in [0.25, 0.3) is 0 Å². The van der Waals surface area contributed by atoms with Crippen LogP contribution in [0.1, 0.15) is 5.69 Å². The Morgan fingerprint density at radius 3 is 2.20 bits per heavy atom. The minimum absolute atomic E-state index is 0.0224. The predicted octanol–water partition coefficient (Wildman–Crippen LogP) is 5.87. The van der Waals surface area contributed by atoms with E-state index in [0.29, 0.717) is 6.07 Å². The van der Waals surface area contributed by atoms with Crippen molar-refractivity contribution < 1.29 is 17.6 Å². The zero-order chi connectivity index (χ0) is 15.1. The van der Waals surface area contributed by atoms with Crippen LogP contribution in [0.15, 0.2) is 24.3 Å². The van der Waals surface area contributed by atoms with Crippen LogP contribution >= 0.6 is 34.8 Å². The van der Waals surface area contributed by atoms with Crippen molar-refractivity contribution in [2.24, 2.45) is 0 Å². The van der Waals surface area contributed by atoms with Crippen LogP contribution in [0.25, 0.3) is 11.3 Å². The summed E-state index contributed by atoms with van der Waals surface area (Å²) in [5, 5.41) is 0.130. The lowest BCUT2D eigenvalue weighted by Crippen LogP contribution is -2.09. The first-order valence-electron chi connectivity index (χ1n) is 5.08. The van der Waals surface area contributed by atoms with Gasteiger partial charge in [0.15, 0.2) is 0 Å². The fourth-order valence-corrected chi connectivity index (χ4v) is 2.22. The number of aromatic nitrogens is 1. The summed E-state index contributed by atoms with van der Waals surface area (Å²) in [5.41, 5.74) is -1.64. The maximum Gasteiger partial charge on any atom is 0.433 e. The SMILES string of the molecule is Fc1cc(-c2cc(Cl)cc(Cl)c2Cl)nc(C(F)(F)F)c1. The summed E-state index contributed by atoms with van der Waals surface area (Å²) in [6, 6.07) is 3.70. The monoisotopic (exact) mass is 343 g/mol. The molecule has 2 rings (SSSR count). The molecule has 0 amide bonds. The Labute approximate surface area is 126 Å². The van der Waals surface area contributed by atoms with Crippen molar-refractivity contribution in [3.8, 4) is 11.3 Å². The highest BCUT2D eigenvalue weighted by molar-refractivity contribution is 6.45. The second-order valence-corrected chi connectivity index (χ2v) is 5.02. The molecular formula is C12H4Cl3F4N. The lowest BCUT2D eigenvalue weighted by Gasteiger charge is -2.10. The first-order valence-corrected chi connectivity index (χ1v) is 6.21. The van der Waals surface area contributed by atoms with Crippen LogP contribution in [-0.4, -0.2) is 4.98 Å². The van der Waals surface area contributed by atoms with Crippen LogP contribution in [0.3, 0.4) is 0 Å². The maximum absolute atomic E-state index is 13.3. The van der Waals surface area contributed by atoms with Crippen molar-refractivity contribution in [2.45, 2.75) is 6.18 Å². The highest BCUT2D eigenvalue weighted by Crippen LogP contribution is 2.37. The van der Waals surface area contributed by atoms with Crippen LogP contribution in [0, 0.1) is 5.82 Å². The number of nitrogens with zero attached hydrogens (tertiary/aromatic N) is 1. The average molecular weight is 345 g/mol. The molecule has 8 heteroatoms. The highest BCUT2D eigenvalue weighted by atomic mass is 35.5. The summed E-state index contributed by atoms with van der Waals surface area (Å²) in [5.74, 6) is -1.09. The van der Waals surface area contributed by atoms with E-state index in [9.17, 15) is 17.6 Å². The Morgan fingerprint density at radius 2 is 1.60 bits per heavy atom. The van der Waals surface area contributed by atoms with Crippen LogP contribution < -0.4 is 0 Å². The molecule has 0 saturated carbocycles. The molecule has 0 aliphatic carbocycles. The van der Waals surface area contributed by atoms with E-state index >= 15 is 0 Å². The normalized spacial score (nSPS) is 11.8. The molecule has 0 fully saturated rings. The summed E-state index contributed by atoms with van der Waals surface area (Å²) < 4.78 is 51.2. The third-order valence-corrected chi connectivity index (χ3v) is 3.37. The van der Waals surface area contributed by atoms with Gasteiger partial charge >= 0.3 is 6.18 Å². The molecule has 0 unspecified atom stereocenters. The van der Waals surface area contributed by atoms with Gasteiger partial charge in [-0.1, -0.05) is 34.8 Å². The van der Waals surface area contributed by atoms with Crippen molar-refractivity contribution in [2.75, 3.05) is 0 Å². The van der Waals surface area contributed by atoms with Crippen molar-refractivity contribution in [1.82, 2.24) is 4.98 Å². The molecule has 0 aliphatic heterocycles. The minimum atomic E-state index is -4.77. The largest absolute Gasteiger partial charge is 0.433 e. The Bertz CT molecular complexity index is 670. The third kappa shape index (κ3) is 3.16. The summed E-state index contributed by atoms with van der Waals surface area (Å²) in [6.45, 7) is 0. The predicted molar refractivity (Wildman–Crippen MR) is 69.7 cm³/mol. The van der Waals surface area contributed by atoms with E-state index in [2.05, 4.69) is 4.98 Å². The van der Waals surface area contributed by atoms with Gasteiger partial charge in [-0.25, -0.2) is 9.37 Å². The van der Waals surface area contributed by atoms with Gasteiger partial charge in [-0.3, -0.25) is 0 Å². The third-order valence-electron chi connectivity index (χ3n) is 2.35. The number of halogens is 7. The molecule has 0 aliphatic rings. The van der Waals surface area contributed by atoms with Gasteiger partial charge in [-0.2, -0.15) is 13.2 Å². The number of pyridine rings is 1. The van der Waals surface area contributed by atoms with Crippen molar-refractivity contribution in [3.05, 3.63) is 50.8 Å². The summed E-state index contributed by atoms with van der Waals surface area (Å²) in [7, 11) is 0. The second-order valence-electron chi connectivity index (χ2n) is 3.80. The molecule has 20 heavy (non-hydrogen) atoms. The first-order chi connectivity index (χ1) is 9.18. The van der Waals surface area contributed by atoms with E-state index < -0.39 is 17.7 Å². The van der Waals surface area contributed by atoms with Gasteiger partial charge in [0, 0.05) is 22.7 Å². The number of benzene rings is 1. The Balaban J connectivity index is 2.68. The Hall–Kier alpha value is -1.04. The zero-order valence-corrected chi connectivity index (χ0v) is 11.7. The van der Waals surface area contributed by atoms with Gasteiger partial charge in [0.1, 0.15) is 11.5 Å². The standard InChI is InChI=1S/C12H4Cl3F4N/c13-5-1-7(11(15)8(14)2-5)9-3-6(16)4-10(20-9)12(17,18)19/h1-4H. The van der Waals surface area contributed by atoms with Gasteiger partial charge < -0.3 is 0 Å². The number of alkyl halides is 3. The maximum atomic E-state index is 13.3. The molecule has 0 saturated heterocycles. The van der Waals surface area contributed by atoms with E-state index in [1.54, 1.807) is 0 Å². The highest BCUT2D eigenvalue weighted by Gasteiger charge is 2.33. The Morgan fingerprint density at radius 1 is 0.950 bits per heavy atom. The van der Waals surface area contributed by atoms with E-state index in [0.717, 1.165) is 6.07 Å². The van der Waals surface area contributed by atoms with Crippen LogP contribution in [0.4, 0.5) is 17.6 Å². The molecule has 0 radical (unpaired) electrons. The smallest absolute Gasteiger partial charge is 0.243 e. The van der Waals surface area contributed by atoms with Gasteiger partial charge in [-0.15, -0.1) is 0 Å². The topological polar surface area (TPSA) is 12.9 Å². The van der Waals surface area contributed by atoms with Crippen molar-refractivity contribution in [1.29, 1.82) is 0 Å². The summed E-state index contributed by atoms with van der Waals surface area (Å²) in [4.78, 5) is 3.35. The van der Waals surface area contributed by atoms with Crippen LogP contribution in [0.2, 0.25) is 15.1 Å². The van der Waals surface area contributed by atoms with Gasteiger partial charge in [-0.05, 0) is 12.1 Å². The average Bonchev–Trinajstić information content (AvgIpc) is 2.32. The molecule has 1 aromatic carbocycles. The Kier molecular flexibility index (Phi) is 4.14. The molecule has 0 N–H and O–H groups in total. The lowest BCUT2D eigenvalue weighted by molar-refractivity contribution is -0.141. The quantitative estimate of drug-likeness (QED) is 0.466. The zero-order valence-electron chi connectivity index (χ0n) is 9.40. The number of hydrogen-bond donors (Lipinski definition) is 0. The van der Waals surface area contributed by atoms with Gasteiger partial charge in [0.05, 0.1) is 15.7 Å². The fourth-order valence-electron chi connectivity index (χ4n) is 1.52. The molecular weight excluding hydrogens is 340 g/mol. The van der Waals surface area contributed by atoms with Crippen LogP contribution in [0.5, 0.6) is 0 Å². The van der Waals surface area contributed by atoms with E-state index in [1.807, 2.05) is 0 Å². The molecule has 106 valence electrons.